The summed E-state index contributed by atoms with van der Waals surface area (Å²) in [6.07, 6.45) is 1.63. The van der Waals surface area contributed by atoms with E-state index in [1.807, 2.05) is 0 Å². The maximum atomic E-state index is 14.4. The number of nitrogens with one attached hydrogen (secondary N) is 1. The van der Waals surface area contributed by atoms with Gasteiger partial charge in [0.05, 0.1) is 39.6 Å². The lowest BCUT2D eigenvalue weighted by molar-refractivity contribution is -0.337. The first-order valence-corrected chi connectivity index (χ1v) is 18.1. The normalized spacial score (nSPS) is 42.9. The average Bonchev–Trinajstić information content (AvgIpc) is 3.52. The van der Waals surface area contributed by atoms with Crippen molar-refractivity contribution in [2.45, 2.75) is 80.2 Å². The van der Waals surface area contributed by atoms with Gasteiger partial charge in [-0.05, 0) is 62.6 Å². The minimum Gasteiger partial charge on any atom is -0.454 e. The highest BCUT2D eigenvalue weighted by molar-refractivity contribution is 6.42. The van der Waals surface area contributed by atoms with E-state index in [0.29, 0.717) is 61.5 Å². The summed E-state index contributed by atoms with van der Waals surface area (Å²) in [6.45, 7) is 3.28. The SMILES string of the molecule is CCN1C[C@]2(OC(=O)c3ccccc3NC(=O)c3ccc(Cl)c(Cl)c3)CC[C@H](OC)[C@]34C1[C@H](C[C@H]23)[C@@]1(O)C[C@H](OC)[C@H]2C[C@@H]4[C@]1(O)[C@H]2OC. The van der Waals surface area contributed by atoms with Gasteiger partial charge < -0.3 is 34.5 Å². The van der Waals surface area contributed by atoms with Crippen LogP contribution in [-0.4, -0.2) is 103 Å². The van der Waals surface area contributed by atoms with Gasteiger partial charge in [-0.25, -0.2) is 4.79 Å². The van der Waals surface area contributed by atoms with Gasteiger partial charge >= 0.3 is 5.97 Å². The molecule has 12 heteroatoms. The molecule has 8 rings (SSSR count). The van der Waals surface area contributed by atoms with Gasteiger partial charge in [0.1, 0.15) is 16.8 Å². The highest BCUT2D eigenvalue weighted by Crippen LogP contribution is 2.79. The molecule has 49 heavy (non-hydrogen) atoms. The van der Waals surface area contributed by atoms with Crippen molar-refractivity contribution in [1.29, 1.82) is 0 Å². The molecular weight excluding hydrogens is 671 g/mol. The van der Waals surface area contributed by atoms with Crippen molar-refractivity contribution in [3.63, 3.8) is 0 Å². The molecule has 10 nitrogen and oxygen atoms in total. The molecule has 5 saturated carbocycles. The fourth-order valence-corrected chi connectivity index (χ4v) is 12.5. The highest BCUT2D eigenvalue weighted by atomic mass is 35.5. The van der Waals surface area contributed by atoms with E-state index in [2.05, 4.69) is 17.1 Å². The first-order chi connectivity index (χ1) is 23.4. The van der Waals surface area contributed by atoms with Crippen molar-refractivity contribution in [1.82, 2.24) is 4.90 Å². The number of ether oxygens (including phenoxy) is 4. The number of anilines is 1. The molecule has 7 bridgehead atoms. The highest BCUT2D eigenvalue weighted by Gasteiger charge is 2.89. The van der Waals surface area contributed by atoms with Gasteiger partial charge in [-0.3, -0.25) is 9.69 Å². The summed E-state index contributed by atoms with van der Waals surface area (Å²) in [7, 11) is 5.03. The number of likely N-dealkylation sites (tertiary alicyclic amines) is 1. The Balaban J connectivity index is 1.19. The monoisotopic (exact) mass is 714 g/mol. The number of likely N-dealkylation sites (N-methyl/N-ethyl adjacent to an activating group) is 1. The topological polar surface area (TPSA) is 127 Å². The second-order valence-corrected chi connectivity index (χ2v) is 15.9. The number of amides is 1. The Morgan fingerprint density at radius 3 is 2.47 bits per heavy atom. The van der Waals surface area contributed by atoms with E-state index in [4.69, 9.17) is 42.1 Å². The molecule has 264 valence electrons. The molecule has 6 aliphatic rings. The third-order valence-electron chi connectivity index (χ3n) is 13.8. The number of carbonyl (C=O) groups excluding carboxylic acids is 2. The van der Waals surface area contributed by atoms with Crippen LogP contribution in [0.3, 0.4) is 0 Å². The molecule has 1 spiro atoms. The number of halogens is 2. The van der Waals surface area contributed by atoms with Crippen molar-refractivity contribution >= 4 is 40.8 Å². The molecule has 1 aliphatic heterocycles. The number of piperidine rings is 1. The van der Waals surface area contributed by atoms with Crippen LogP contribution in [0.4, 0.5) is 5.69 Å². The number of fused-ring (bicyclic) bond motifs is 2. The molecule has 1 saturated heterocycles. The van der Waals surface area contributed by atoms with Gasteiger partial charge in [0, 0.05) is 75.0 Å². The molecule has 2 aromatic rings. The van der Waals surface area contributed by atoms with Crippen LogP contribution < -0.4 is 5.32 Å². The molecule has 2 aromatic carbocycles. The zero-order chi connectivity index (χ0) is 34.7. The Labute approximate surface area is 296 Å². The number of carbonyl (C=O) groups is 2. The predicted molar refractivity (Wildman–Crippen MR) is 182 cm³/mol. The molecule has 12 atom stereocenters. The van der Waals surface area contributed by atoms with Crippen LogP contribution >= 0.6 is 23.2 Å². The molecule has 1 amide bonds. The minimum absolute atomic E-state index is 0.0838. The fourth-order valence-electron chi connectivity index (χ4n) is 12.2. The maximum absolute atomic E-state index is 14.4. The van der Waals surface area contributed by atoms with E-state index < -0.39 is 40.2 Å². The molecular formula is C37H44Cl2N2O8. The van der Waals surface area contributed by atoms with E-state index in [1.54, 1.807) is 57.7 Å². The average molecular weight is 716 g/mol. The Hall–Kier alpha value is -2.28. The lowest BCUT2D eigenvalue weighted by atomic mass is 9.44. The first kappa shape index (κ1) is 33.8. The van der Waals surface area contributed by atoms with Crippen molar-refractivity contribution in [2.24, 2.45) is 29.1 Å². The summed E-state index contributed by atoms with van der Waals surface area (Å²) in [5.74, 6) is -1.95. The number of para-hydroxylation sites is 1. The van der Waals surface area contributed by atoms with Crippen molar-refractivity contribution in [3.8, 4) is 0 Å². The Morgan fingerprint density at radius 2 is 1.78 bits per heavy atom. The third kappa shape index (κ3) is 4.23. The summed E-state index contributed by atoms with van der Waals surface area (Å²) in [6, 6.07) is 11.3. The summed E-state index contributed by atoms with van der Waals surface area (Å²) < 4.78 is 25.3. The van der Waals surface area contributed by atoms with Crippen LogP contribution in [0.5, 0.6) is 0 Å². The van der Waals surface area contributed by atoms with Crippen LogP contribution in [0.25, 0.3) is 0 Å². The predicted octanol–water partition coefficient (Wildman–Crippen LogP) is 4.82. The lowest BCUT2D eigenvalue weighted by Gasteiger charge is -2.70. The standard InChI is InChI=1S/C37H44Cl2N2O8/c1-5-41-18-34(49-33(43)20-8-6-7-9-25(20)40-32(42)19-10-11-23(38)24(39)14-19)13-12-29(47-3)36-27(34)16-22(30(36)41)35(44)17-26(46-2)21-15-28(36)37(35,45)31(21)48-4/h6-11,14,21-22,26-31,44-45H,5,12-13,15-18H2,1-4H3,(H,40,42)/t21-,22+,26+,27-,28+,29+,30?,31+,34-,35+,36+,37+/m1/s1. The van der Waals surface area contributed by atoms with Crippen LogP contribution in [0, 0.1) is 29.1 Å². The first-order valence-electron chi connectivity index (χ1n) is 17.3. The van der Waals surface area contributed by atoms with Crippen molar-refractivity contribution in [2.75, 3.05) is 39.7 Å². The maximum Gasteiger partial charge on any atom is 0.340 e. The second-order valence-electron chi connectivity index (χ2n) is 15.1. The minimum atomic E-state index is -1.51. The smallest absolute Gasteiger partial charge is 0.340 e. The van der Waals surface area contributed by atoms with Gasteiger partial charge in [-0.1, -0.05) is 42.3 Å². The molecule has 3 N–H and O–H groups in total. The van der Waals surface area contributed by atoms with E-state index in [0.717, 1.165) is 0 Å². The lowest BCUT2D eigenvalue weighted by Crippen LogP contribution is -2.83. The molecule has 6 fully saturated rings. The summed E-state index contributed by atoms with van der Waals surface area (Å²) >= 11 is 12.2. The van der Waals surface area contributed by atoms with Gasteiger partial charge in [0.15, 0.2) is 0 Å². The summed E-state index contributed by atoms with van der Waals surface area (Å²) in [5.41, 5.74) is -3.66. The van der Waals surface area contributed by atoms with Crippen molar-refractivity contribution < 1.29 is 38.7 Å². The van der Waals surface area contributed by atoms with Crippen LogP contribution in [0.2, 0.25) is 10.0 Å². The molecule has 1 unspecified atom stereocenters. The Bertz CT molecular complexity index is 1700. The summed E-state index contributed by atoms with van der Waals surface area (Å²) in [5, 5.41) is 29.3. The molecule has 1 heterocycles. The van der Waals surface area contributed by atoms with E-state index in [-0.39, 0.29) is 52.5 Å². The van der Waals surface area contributed by atoms with E-state index in [9.17, 15) is 19.8 Å². The third-order valence-corrected chi connectivity index (χ3v) is 14.5. The van der Waals surface area contributed by atoms with Gasteiger partial charge in [0.2, 0.25) is 0 Å². The zero-order valence-corrected chi connectivity index (χ0v) is 29.7. The van der Waals surface area contributed by atoms with Crippen LogP contribution in [0.1, 0.15) is 59.7 Å². The number of aliphatic hydroxyl groups is 2. The number of nitrogens with zero attached hydrogens (tertiary/aromatic N) is 1. The van der Waals surface area contributed by atoms with Crippen LogP contribution in [0.15, 0.2) is 42.5 Å². The van der Waals surface area contributed by atoms with Gasteiger partial charge in [0.25, 0.3) is 5.91 Å². The van der Waals surface area contributed by atoms with E-state index >= 15 is 0 Å². The number of hydrogen-bond donors (Lipinski definition) is 3. The van der Waals surface area contributed by atoms with Gasteiger partial charge in [-0.15, -0.1) is 0 Å². The summed E-state index contributed by atoms with van der Waals surface area (Å²) in [4.78, 5) is 30.1. The largest absolute Gasteiger partial charge is 0.454 e. The molecule has 0 radical (unpaired) electrons. The number of hydrogen-bond acceptors (Lipinski definition) is 9. The fraction of sp³-hybridized carbons (Fsp3) is 0.622. The molecule has 5 aliphatic carbocycles. The van der Waals surface area contributed by atoms with Gasteiger partial charge in [-0.2, -0.15) is 0 Å². The van der Waals surface area contributed by atoms with Crippen molar-refractivity contribution in [3.05, 3.63) is 63.6 Å². The number of benzene rings is 2. The quantitative estimate of drug-likeness (QED) is 0.330. The zero-order valence-electron chi connectivity index (χ0n) is 28.2. The number of esters is 1. The number of methoxy groups -OCH3 is 3. The Morgan fingerprint density at radius 1 is 1.00 bits per heavy atom. The van der Waals surface area contributed by atoms with E-state index in [1.165, 1.54) is 6.07 Å². The van der Waals surface area contributed by atoms with Crippen LogP contribution in [-0.2, 0) is 18.9 Å². The number of rotatable bonds is 8. The molecule has 0 aromatic heterocycles. The second kappa shape index (κ2) is 11.6. The Kier molecular flexibility index (Phi) is 8.02.